The van der Waals surface area contributed by atoms with Gasteiger partial charge in [0, 0.05) is 42.3 Å². The van der Waals surface area contributed by atoms with Gasteiger partial charge in [0.15, 0.2) is 0 Å². The van der Waals surface area contributed by atoms with Gasteiger partial charge >= 0.3 is 6.03 Å². The van der Waals surface area contributed by atoms with Crippen molar-refractivity contribution in [3.63, 3.8) is 0 Å². The zero-order valence-corrected chi connectivity index (χ0v) is 19.4. The van der Waals surface area contributed by atoms with E-state index in [1.165, 1.54) is 18.2 Å². The Morgan fingerprint density at radius 3 is 2.49 bits per heavy atom. The zero-order chi connectivity index (χ0) is 24.4. The maximum Gasteiger partial charge on any atom is 0.321 e. The molecule has 0 bridgehead atoms. The highest BCUT2D eigenvalue weighted by Gasteiger charge is 2.49. The summed E-state index contributed by atoms with van der Waals surface area (Å²) in [5, 5.41) is 13.0. The van der Waals surface area contributed by atoms with Gasteiger partial charge in [0.05, 0.1) is 6.61 Å². The molecule has 182 valence electrons. The number of nitrogens with zero attached hydrogens (tertiary/aromatic N) is 2. The summed E-state index contributed by atoms with van der Waals surface area (Å²) in [5.74, 6) is -0.606. The number of benzene rings is 3. The molecule has 2 aliphatic heterocycles. The van der Waals surface area contributed by atoms with Crippen LogP contribution in [-0.4, -0.2) is 59.3 Å². The number of hydrogen-bond acceptors (Lipinski definition) is 3. The molecular weight excluding hydrogens is 448 g/mol. The normalized spacial score (nSPS) is 22.5. The van der Waals surface area contributed by atoms with Crippen molar-refractivity contribution in [1.29, 1.82) is 0 Å². The Hall–Kier alpha value is -3.29. The predicted molar refractivity (Wildman–Crippen MR) is 132 cm³/mol. The third kappa shape index (κ3) is 4.79. The van der Waals surface area contributed by atoms with E-state index in [-0.39, 0.29) is 36.5 Å². The minimum atomic E-state index is -0.398. The van der Waals surface area contributed by atoms with E-state index in [0.717, 1.165) is 30.5 Å². The molecule has 2 amide bonds. The largest absolute Gasteiger partial charge is 0.395 e. The Morgan fingerprint density at radius 1 is 0.971 bits per heavy atom. The number of fused-ring (bicyclic) bond motifs is 1. The van der Waals surface area contributed by atoms with E-state index >= 15 is 0 Å². The Kier molecular flexibility index (Phi) is 6.79. The van der Waals surface area contributed by atoms with Crippen LogP contribution in [0.25, 0.3) is 11.1 Å². The highest BCUT2D eigenvalue weighted by atomic mass is 19.1. The average molecular weight is 478 g/mol. The first-order valence-corrected chi connectivity index (χ1v) is 12.1. The van der Waals surface area contributed by atoms with Gasteiger partial charge in [-0.1, -0.05) is 48.5 Å². The molecule has 0 radical (unpaired) electrons. The van der Waals surface area contributed by atoms with E-state index in [2.05, 4.69) is 10.2 Å². The van der Waals surface area contributed by atoms with E-state index in [4.69, 9.17) is 0 Å². The second-order valence-electron chi connectivity index (χ2n) is 9.28. The molecular formula is C28H29F2N3O2. The minimum Gasteiger partial charge on any atom is -0.395 e. The molecule has 0 unspecified atom stereocenters. The monoisotopic (exact) mass is 477 g/mol. The molecule has 0 spiro atoms. The average Bonchev–Trinajstić information content (AvgIpc) is 2.84. The van der Waals surface area contributed by atoms with Gasteiger partial charge in [-0.15, -0.1) is 0 Å². The van der Waals surface area contributed by atoms with Gasteiger partial charge < -0.3 is 15.3 Å². The minimum absolute atomic E-state index is 0.0226. The van der Waals surface area contributed by atoms with Gasteiger partial charge in [-0.25, -0.2) is 13.6 Å². The van der Waals surface area contributed by atoms with Crippen LogP contribution >= 0.6 is 0 Å². The van der Waals surface area contributed by atoms with Crippen molar-refractivity contribution in [2.75, 3.05) is 31.6 Å². The van der Waals surface area contributed by atoms with Gasteiger partial charge in [0.2, 0.25) is 0 Å². The highest BCUT2D eigenvalue weighted by molar-refractivity contribution is 5.89. The summed E-state index contributed by atoms with van der Waals surface area (Å²) in [6.07, 6.45) is 1.79. The molecule has 2 aliphatic rings. The number of urea groups is 1. The molecule has 2 heterocycles. The van der Waals surface area contributed by atoms with Crippen molar-refractivity contribution in [2.45, 2.75) is 30.8 Å². The molecule has 5 nitrogen and oxygen atoms in total. The number of aliphatic hydroxyl groups is 1. The Morgan fingerprint density at radius 2 is 1.74 bits per heavy atom. The second kappa shape index (κ2) is 10.1. The molecule has 0 aliphatic carbocycles. The third-order valence-corrected chi connectivity index (χ3v) is 7.21. The van der Waals surface area contributed by atoms with E-state index in [9.17, 15) is 18.7 Å². The molecule has 0 saturated carbocycles. The molecule has 2 saturated heterocycles. The molecule has 3 aromatic rings. The van der Waals surface area contributed by atoms with Crippen molar-refractivity contribution in [2.24, 2.45) is 0 Å². The molecule has 2 N–H and O–H groups in total. The van der Waals surface area contributed by atoms with Gasteiger partial charge in [0.1, 0.15) is 11.6 Å². The molecule has 35 heavy (non-hydrogen) atoms. The number of anilines is 1. The number of aliphatic hydroxyl groups excluding tert-OH is 1. The van der Waals surface area contributed by atoms with Crippen LogP contribution in [0.2, 0.25) is 0 Å². The predicted octanol–water partition coefficient (Wildman–Crippen LogP) is 5.09. The Bertz CT molecular complexity index is 1190. The first-order chi connectivity index (χ1) is 17.0. The van der Waals surface area contributed by atoms with Crippen LogP contribution < -0.4 is 5.32 Å². The fourth-order valence-corrected chi connectivity index (χ4v) is 5.47. The van der Waals surface area contributed by atoms with E-state index in [1.54, 1.807) is 29.2 Å². The van der Waals surface area contributed by atoms with E-state index < -0.39 is 5.82 Å². The first kappa shape index (κ1) is 23.5. The van der Waals surface area contributed by atoms with Crippen molar-refractivity contribution in [1.82, 2.24) is 9.80 Å². The standard InChI is InChI=1S/C28H29F2N3O2/c29-21-6-5-7-22(16-21)31-28(35)32-14-3-4-15-33-25(17-32)27(26(33)18-34)20-12-10-19(11-13-20)23-8-1-2-9-24(23)30/h1-2,5-13,16,25-27,34H,3-4,14-15,17-18H2,(H,31,35)/t25-,26+,27-/m1/s1. The smallest absolute Gasteiger partial charge is 0.321 e. The van der Waals surface area contributed by atoms with Crippen molar-refractivity contribution < 1.29 is 18.7 Å². The second-order valence-corrected chi connectivity index (χ2v) is 9.28. The number of amides is 2. The fourth-order valence-electron chi connectivity index (χ4n) is 5.47. The summed E-state index contributed by atoms with van der Waals surface area (Å²) in [7, 11) is 0. The maximum absolute atomic E-state index is 14.2. The fraction of sp³-hybridized carbons (Fsp3) is 0.321. The van der Waals surface area contributed by atoms with Crippen LogP contribution in [0.4, 0.5) is 19.3 Å². The number of nitrogens with one attached hydrogen (secondary N) is 1. The lowest BCUT2D eigenvalue weighted by molar-refractivity contribution is -0.0585. The lowest BCUT2D eigenvalue weighted by atomic mass is 9.74. The SMILES string of the molecule is O=C(Nc1cccc(F)c1)N1CCCCN2[C@H](C1)[C@@H](c1ccc(-c3ccccc3F)cc1)[C@@H]2CO. The van der Waals surface area contributed by atoms with Gasteiger partial charge in [0.25, 0.3) is 0 Å². The highest BCUT2D eigenvalue weighted by Crippen LogP contribution is 2.42. The number of carbonyl (C=O) groups is 1. The maximum atomic E-state index is 14.2. The first-order valence-electron chi connectivity index (χ1n) is 12.1. The number of hydrogen-bond donors (Lipinski definition) is 2. The number of halogens is 2. The quantitative estimate of drug-likeness (QED) is 0.551. The van der Waals surface area contributed by atoms with Crippen LogP contribution in [0.15, 0.2) is 72.8 Å². The molecule has 5 rings (SSSR count). The third-order valence-electron chi connectivity index (χ3n) is 7.21. The molecule has 7 heteroatoms. The van der Waals surface area contributed by atoms with Crippen LogP contribution in [0, 0.1) is 11.6 Å². The Balaban J connectivity index is 1.35. The zero-order valence-electron chi connectivity index (χ0n) is 19.4. The molecule has 3 atom stereocenters. The summed E-state index contributed by atoms with van der Waals surface area (Å²) in [6.45, 7) is 2.04. The topological polar surface area (TPSA) is 55.8 Å². The van der Waals surface area contributed by atoms with E-state index in [1.807, 2.05) is 30.3 Å². The van der Waals surface area contributed by atoms with Crippen LogP contribution in [0.1, 0.15) is 24.3 Å². The van der Waals surface area contributed by atoms with E-state index in [0.29, 0.717) is 24.3 Å². The van der Waals surface area contributed by atoms with Crippen molar-refractivity contribution >= 4 is 11.7 Å². The van der Waals surface area contributed by atoms with Gasteiger partial charge in [-0.05, 0) is 54.8 Å². The van der Waals surface area contributed by atoms with Crippen molar-refractivity contribution in [3.8, 4) is 11.1 Å². The summed E-state index contributed by atoms with van der Waals surface area (Å²) < 4.78 is 27.8. The lowest BCUT2D eigenvalue weighted by Gasteiger charge is -2.57. The molecule has 2 fully saturated rings. The summed E-state index contributed by atoms with van der Waals surface area (Å²) in [6, 6.07) is 20.2. The molecule has 0 aromatic heterocycles. The number of carbonyl (C=O) groups excluding carboxylic acids is 1. The summed E-state index contributed by atoms with van der Waals surface area (Å²) in [5.41, 5.74) is 2.85. The van der Waals surface area contributed by atoms with Crippen LogP contribution in [0.5, 0.6) is 0 Å². The summed E-state index contributed by atoms with van der Waals surface area (Å²) >= 11 is 0. The van der Waals surface area contributed by atoms with Crippen LogP contribution in [0.3, 0.4) is 0 Å². The van der Waals surface area contributed by atoms with Gasteiger partial charge in [-0.2, -0.15) is 0 Å². The lowest BCUT2D eigenvalue weighted by Crippen LogP contribution is -2.68. The van der Waals surface area contributed by atoms with Gasteiger partial charge in [-0.3, -0.25) is 4.90 Å². The Labute approximate surface area is 204 Å². The molecule has 3 aromatic carbocycles. The summed E-state index contributed by atoms with van der Waals surface area (Å²) in [4.78, 5) is 17.1. The van der Waals surface area contributed by atoms with Crippen LogP contribution in [-0.2, 0) is 0 Å². The van der Waals surface area contributed by atoms with Crippen molar-refractivity contribution in [3.05, 3.63) is 90.0 Å². The number of rotatable bonds is 4.